The Morgan fingerprint density at radius 2 is 2.14 bits per heavy atom. The van der Waals surface area contributed by atoms with Crippen molar-refractivity contribution < 1.29 is 18.3 Å². The first-order valence-electron chi connectivity index (χ1n) is 6.64. The average Bonchev–Trinajstić information content (AvgIpc) is 2.92. The van der Waals surface area contributed by atoms with Crippen molar-refractivity contribution in [2.24, 2.45) is 0 Å². The van der Waals surface area contributed by atoms with Crippen molar-refractivity contribution in [3.05, 3.63) is 36.5 Å². The lowest BCUT2D eigenvalue weighted by Gasteiger charge is -2.20. The second kappa shape index (κ2) is 5.34. The van der Waals surface area contributed by atoms with Crippen LogP contribution in [0.5, 0.6) is 0 Å². The third kappa shape index (κ3) is 2.91. The zero-order valence-electron chi connectivity index (χ0n) is 11.3. The third-order valence-corrected chi connectivity index (χ3v) is 4.99. The topological polar surface area (TPSA) is 88.5 Å². The van der Waals surface area contributed by atoms with Gasteiger partial charge in [-0.15, -0.1) is 0 Å². The quantitative estimate of drug-likeness (QED) is 0.866. The van der Waals surface area contributed by atoms with Gasteiger partial charge >= 0.3 is 0 Å². The molecule has 2 aromatic rings. The molecule has 21 heavy (non-hydrogen) atoms. The first-order valence-corrected chi connectivity index (χ1v) is 8.12. The molecule has 6 nitrogen and oxygen atoms in total. The van der Waals surface area contributed by atoms with Crippen LogP contribution in [0.4, 0.5) is 0 Å². The number of nitrogens with one attached hydrogen (secondary N) is 1. The maximum Gasteiger partial charge on any atom is 0.242 e. The summed E-state index contributed by atoms with van der Waals surface area (Å²) in [7, 11) is -3.74. The number of rotatable bonds is 4. The summed E-state index contributed by atoms with van der Waals surface area (Å²) < 4.78 is 32.4. The van der Waals surface area contributed by atoms with Gasteiger partial charge in [0, 0.05) is 31.2 Å². The Morgan fingerprint density at radius 3 is 2.90 bits per heavy atom. The monoisotopic (exact) mass is 308 g/mol. The molecule has 1 aliphatic heterocycles. The van der Waals surface area contributed by atoms with Crippen molar-refractivity contribution in [3.8, 4) is 0 Å². The van der Waals surface area contributed by atoms with E-state index in [0.717, 1.165) is 5.39 Å². The van der Waals surface area contributed by atoms with Crippen molar-refractivity contribution in [2.75, 3.05) is 19.8 Å². The van der Waals surface area contributed by atoms with Gasteiger partial charge in [0.2, 0.25) is 10.0 Å². The van der Waals surface area contributed by atoms with E-state index in [-0.39, 0.29) is 18.0 Å². The molecule has 0 unspecified atom stereocenters. The molecule has 0 saturated carbocycles. The molecule has 1 aromatic heterocycles. The lowest BCUT2D eigenvalue weighted by atomic mass is 10.1. The number of hydrogen-bond donors (Lipinski definition) is 2. The highest BCUT2D eigenvalue weighted by Crippen LogP contribution is 2.22. The Kier molecular flexibility index (Phi) is 3.66. The van der Waals surface area contributed by atoms with E-state index < -0.39 is 15.6 Å². The van der Waals surface area contributed by atoms with Crippen molar-refractivity contribution in [3.63, 3.8) is 0 Å². The van der Waals surface area contributed by atoms with Gasteiger partial charge in [0.25, 0.3) is 0 Å². The van der Waals surface area contributed by atoms with Gasteiger partial charge in [0.1, 0.15) is 10.5 Å². The maximum atomic E-state index is 12.4. The Labute approximate surface area is 122 Å². The molecule has 7 heteroatoms. The summed E-state index contributed by atoms with van der Waals surface area (Å²) in [5.74, 6) is 0. The minimum atomic E-state index is -3.74. The molecule has 0 aliphatic carbocycles. The summed E-state index contributed by atoms with van der Waals surface area (Å²) in [4.78, 5) is 4.25. The van der Waals surface area contributed by atoms with Crippen molar-refractivity contribution in [1.82, 2.24) is 9.71 Å². The molecule has 1 aliphatic rings. The zero-order chi connectivity index (χ0) is 14.9. The second-order valence-electron chi connectivity index (χ2n) is 5.18. The van der Waals surface area contributed by atoms with Gasteiger partial charge in [-0.1, -0.05) is 18.2 Å². The van der Waals surface area contributed by atoms with E-state index in [1.807, 2.05) is 0 Å². The van der Waals surface area contributed by atoms with E-state index in [9.17, 15) is 13.5 Å². The highest BCUT2D eigenvalue weighted by atomic mass is 32.2. The second-order valence-corrected chi connectivity index (χ2v) is 6.92. The SMILES string of the molecule is O=S(=O)(NC[C@]1(O)CCOC1)c1cccc2cccnc12. The fourth-order valence-corrected chi connectivity index (χ4v) is 3.63. The number of sulfonamides is 1. The van der Waals surface area contributed by atoms with Gasteiger partial charge in [0.05, 0.1) is 12.1 Å². The van der Waals surface area contributed by atoms with E-state index in [1.165, 1.54) is 6.07 Å². The van der Waals surface area contributed by atoms with Gasteiger partial charge in [0.15, 0.2) is 0 Å². The van der Waals surface area contributed by atoms with Gasteiger partial charge in [-0.3, -0.25) is 4.98 Å². The van der Waals surface area contributed by atoms with Crippen molar-refractivity contribution in [2.45, 2.75) is 16.9 Å². The largest absolute Gasteiger partial charge is 0.386 e. The van der Waals surface area contributed by atoms with Crippen LogP contribution in [0.3, 0.4) is 0 Å². The molecule has 0 bridgehead atoms. The summed E-state index contributed by atoms with van der Waals surface area (Å²) in [5, 5.41) is 10.9. The van der Waals surface area contributed by atoms with Crippen LogP contribution in [0.15, 0.2) is 41.4 Å². The Hall–Kier alpha value is -1.54. The summed E-state index contributed by atoms with van der Waals surface area (Å²) in [6.45, 7) is 0.510. The van der Waals surface area contributed by atoms with E-state index >= 15 is 0 Å². The van der Waals surface area contributed by atoms with Crippen LogP contribution in [0, 0.1) is 0 Å². The number of aliphatic hydroxyl groups is 1. The van der Waals surface area contributed by atoms with Crippen molar-refractivity contribution >= 4 is 20.9 Å². The fraction of sp³-hybridized carbons (Fsp3) is 0.357. The number of nitrogens with zero attached hydrogens (tertiary/aromatic N) is 1. The van der Waals surface area contributed by atoms with Gasteiger partial charge < -0.3 is 9.84 Å². The standard InChI is InChI=1S/C14H16N2O4S/c17-14(6-8-20-10-14)9-16-21(18,19)12-5-1-3-11-4-2-7-15-13(11)12/h1-5,7,16-17H,6,8-10H2/t14-/m1/s1. The first kappa shape index (κ1) is 14.4. The van der Waals surface area contributed by atoms with E-state index in [0.29, 0.717) is 18.5 Å². The Balaban J connectivity index is 1.90. The molecule has 2 heterocycles. The minimum absolute atomic E-state index is 0.0709. The Morgan fingerprint density at radius 1 is 1.33 bits per heavy atom. The van der Waals surface area contributed by atoms with Crippen LogP contribution in [0.1, 0.15) is 6.42 Å². The molecule has 1 atom stereocenters. The van der Waals surface area contributed by atoms with Gasteiger partial charge in [-0.2, -0.15) is 0 Å². The van der Waals surface area contributed by atoms with E-state index in [4.69, 9.17) is 4.74 Å². The predicted molar refractivity (Wildman–Crippen MR) is 77.3 cm³/mol. The van der Waals surface area contributed by atoms with Crippen LogP contribution in [0.2, 0.25) is 0 Å². The van der Waals surface area contributed by atoms with Crippen LogP contribution >= 0.6 is 0 Å². The number of para-hydroxylation sites is 1. The van der Waals surface area contributed by atoms with Gasteiger partial charge in [-0.05, 0) is 12.1 Å². The minimum Gasteiger partial charge on any atom is -0.386 e. The molecule has 1 fully saturated rings. The number of fused-ring (bicyclic) bond motifs is 1. The number of aromatic nitrogens is 1. The van der Waals surface area contributed by atoms with Crippen LogP contribution in [-0.4, -0.2) is 43.9 Å². The molecular formula is C14H16N2O4S. The number of ether oxygens (including phenoxy) is 1. The zero-order valence-corrected chi connectivity index (χ0v) is 12.1. The van der Waals surface area contributed by atoms with Crippen molar-refractivity contribution in [1.29, 1.82) is 0 Å². The summed E-state index contributed by atoms with van der Waals surface area (Å²) >= 11 is 0. The predicted octanol–water partition coefficient (Wildman–Crippen LogP) is 0.664. The smallest absolute Gasteiger partial charge is 0.242 e. The Bertz CT molecular complexity index is 749. The summed E-state index contributed by atoms with van der Waals surface area (Å²) in [6.07, 6.45) is 1.98. The molecule has 112 valence electrons. The number of pyridine rings is 1. The van der Waals surface area contributed by atoms with Crippen LogP contribution < -0.4 is 4.72 Å². The average molecular weight is 308 g/mol. The summed E-state index contributed by atoms with van der Waals surface area (Å²) in [5.41, 5.74) is -0.715. The summed E-state index contributed by atoms with van der Waals surface area (Å²) in [6, 6.07) is 8.54. The highest BCUT2D eigenvalue weighted by molar-refractivity contribution is 7.89. The lowest BCUT2D eigenvalue weighted by molar-refractivity contribution is 0.0314. The third-order valence-electron chi connectivity index (χ3n) is 3.56. The molecule has 3 rings (SSSR count). The normalized spacial score (nSPS) is 22.7. The first-order chi connectivity index (χ1) is 10.0. The molecule has 1 aromatic carbocycles. The molecule has 2 N–H and O–H groups in total. The lowest BCUT2D eigenvalue weighted by Crippen LogP contribution is -2.43. The molecular weight excluding hydrogens is 292 g/mol. The molecule has 0 radical (unpaired) electrons. The van der Waals surface area contributed by atoms with E-state index in [1.54, 1.807) is 30.5 Å². The molecule has 1 saturated heterocycles. The highest BCUT2D eigenvalue weighted by Gasteiger charge is 2.34. The molecule has 0 spiro atoms. The molecule has 0 amide bonds. The maximum absolute atomic E-state index is 12.4. The number of hydrogen-bond acceptors (Lipinski definition) is 5. The van der Waals surface area contributed by atoms with Crippen LogP contribution in [0.25, 0.3) is 10.9 Å². The number of benzene rings is 1. The fourth-order valence-electron chi connectivity index (χ4n) is 2.34. The van der Waals surface area contributed by atoms with Gasteiger partial charge in [-0.25, -0.2) is 13.1 Å². The van der Waals surface area contributed by atoms with E-state index in [2.05, 4.69) is 9.71 Å². The van der Waals surface area contributed by atoms with Crippen LogP contribution in [-0.2, 0) is 14.8 Å².